The fourth-order valence-electron chi connectivity index (χ4n) is 4.51. The number of alkyl halides is 6. The van der Waals surface area contributed by atoms with Gasteiger partial charge in [0.2, 0.25) is 0 Å². The monoisotopic (exact) mass is 564 g/mol. The Labute approximate surface area is 221 Å². The zero-order chi connectivity index (χ0) is 28.8. The van der Waals surface area contributed by atoms with E-state index >= 15 is 0 Å². The van der Waals surface area contributed by atoms with E-state index in [-0.39, 0.29) is 22.5 Å². The Kier molecular flexibility index (Phi) is 6.74. The third-order valence-corrected chi connectivity index (χ3v) is 6.43. The summed E-state index contributed by atoms with van der Waals surface area (Å²) in [6, 6.07) is 10.5. The van der Waals surface area contributed by atoms with Crippen LogP contribution in [0.4, 0.5) is 37.7 Å². The Hall–Kier alpha value is -4.46. The molecule has 0 radical (unpaired) electrons. The Bertz CT molecular complexity index is 1640. The standard InChI is InChI=1S/C26H18F6N4O4/c27-25(28,29)16-11-15(12-17(13-16)26(30,31)32)23-19-3-1-2-4-20(19)24(37)35(33-23)22-14-18(5-6-21(22)36(38)39)34-7-9-40-10-8-34/h1-6,11-14H,7-10H2. The molecule has 0 atom stereocenters. The topological polar surface area (TPSA) is 90.5 Å². The van der Waals surface area contributed by atoms with Gasteiger partial charge in [0.15, 0.2) is 0 Å². The van der Waals surface area contributed by atoms with Gasteiger partial charge in [-0.2, -0.15) is 36.1 Å². The van der Waals surface area contributed by atoms with Crippen LogP contribution in [-0.2, 0) is 17.1 Å². The summed E-state index contributed by atoms with van der Waals surface area (Å²) in [6.45, 7) is 1.68. The number of nitro benzene ring substituents is 1. The molecule has 0 bridgehead atoms. The molecular formula is C26H18F6N4O4. The highest BCUT2D eigenvalue weighted by Crippen LogP contribution is 2.39. The molecule has 208 valence electrons. The maximum atomic E-state index is 13.6. The van der Waals surface area contributed by atoms with Crippen molar-refractivity contribution in [1.82, 2.24) is 9.78 Å². The molecular weight excluding hydrogens is 546 g/mol. The molecule has 1 aliphatic heterocycles. The molecule has 1 fully saturated rings. The van der Waals surface area contributed by atoms with E-state index in [0.717, 1.165) is 6.07 Å². The molecule has 1 aromatic heterocycles. The van der Waals surface area contributed by atoms with Gasteiger partial charge >= 0.3 is 12.4 Å². The summed E-state index contributed by atoms with van der Waals surface area (Å²) in [5.74, 6) is 0. The van der Waals surface area contributed by atoms with Gasteiger partial charge in [-0.25, -0.2) is 0 Å². The van der Waals surface area contributed by atoms with Gasteiger partial charge in [0.25, 0.3) is 11.2 Å². The summed E-state index contributed by atoms with van der Waals surface area (Å²) in [5.41, 5.74) is -5.28. The van der Waals surface area contributed by atoms with Gasteiger partial charge in [0, 0.05) is 35.8 Å². The molecule has 5 rings (SSSR count). The van der Waals surface area contributed by atoms with E-state index in [2.05, 4.69) is 5.10 Å². The summed E-state index contributed by atoms with van der Waals surface area (Å²) < 4.78 is 87.6. The van der Waals surface area contributed by atoms with Crippen molar-refractivity contribution in [3.63, 3.8) is 0 Å². The zero-order valence-corrected chi connectivity index (χ0v) is 20.3. The molecule has 14 heteroatoms. The molecule has 0 amide bonds. The Balaban J connectivity index is 1.82. The quantitative estimate of drug-likeness (QED) is 0.176. The van der Waals surface area contributed by atoms with E-state index in [0.29, 0.717) is 48.8 Å². The van der Waals surface area contributed by atoms with Crippen LogP contribution in [0.1, 0.15) is 11.1 Å². The lowest BCUT2D eigenvalue weighted by atomic mass is 9.99. The number of nitro groups is 1. The van der Waals surface area contributed by atoms with E-state index in [1.807, 2.05) is 4.90 Å². The van der Waals surface area contributed by atoms with Gasteiger partial charge < -0.3 is 9.64 Å². The van der Waals surface area contributed by atoms with Crippen molar-refractivity contribution >= 4 is 22.1 Å². The van der Waals surface area contributed by atoms with Crippen LogP contribution in [-0.4, -0.2) is 41.0 Å². The summed E-state index contributed by atoms with van der Waals surface area (Å²) in [6.07, 6.45) is -10.2. The number of nitrogens with zero attached hydrogens (tertiary/aromatic N) is 4. The summed E-state index contributed by atoms with van der Waals surface area (Å²) in [7, 11) is 0. The Morgan fingerprint density at radius 2 is 1.45 bits per heavy atom. The lowest BCUT2D eigenvalue weighted by Crippen LogP contribution is -2.36. The van der Waals surface area contributed by atoms with Crippen LogP contribution >= 0.6 is 0 Å². The van der Waals surface area contributed by atoms with Crippen LogP contribution in [0.2, 0.25) is 0 Å². The van der Waals surface area contributed by atoms with E-state index < -0.39 is 50.9 Å². The average molecular weight is 564 g/mol. The molecule has 8 nitrogen and oxygen atoms in total. The number of halogens is 6. The van der Waals surface area contributed by atoms with Gasteiger partial charge in [-0.05, 0) is 36.4 Å². The molecule has 0 unspecified atom stereocenters. The fourth-order valence-corrected chi connectivity index (χ4v) is 4.51. The highest BCUT2D eigenvalue weighted by atomic mass is 19.4. The van der Waals surface area contributed by atoms with Crippen LogP contribution in [0.5, 0.6) is 0 Å². The third kappa shape index (κ3) is 5.09. The van der Waals surface area contributed by atoms with Crippen molar-refractivity contribution in [3.8, 4) is 16.9 Å². The highest BCUT2D eigenvalue weighted by molar-refractivity contribution is 5.94. The number of benzene rings is 3. The van der Waals surface area contributed by atoms with E-state index in [1.165, 1.54) is 36.4 Å². The van der Waals surface area contributed by atoms with Gasteiger partial charge in [-0.3, -0.25) is 14.9 Å². The van der Waals surface area contributed by atoms with Gasteiger partial charge in [0.05, 0.1) is 40.3 Å². The number of aromatic nitrogens is 2. The molecule has 4 aromatic rings. The smallest absolute Gasteiger partial charge is 0.378 e. The Morgan fingerprint density at radius 1 is 0.850 bits per heavy atom. The van der Waals surface area contributed by atoms with Crippen LogP contribution in [0.3, 0.4) is 0 Å². The maximum Gasteiger partial charge on any atom is 0.416 e. The van der Waals surface area contributed by atoms with Gasteiger partial charge in [0.1, 0.15) is 5.69 Å². The second-order valence-corrected chi connectivity index (χ2v) is 8.94. The lowest BCUT2D eigenvalue weighted by Gasteiger charge is -2.29. The van der Waals surface area contributed by atoms with Crippen molar-refractivity contribution in [2.45, 2.75) is 12.4 Å². The van der Waals surface area contributed by atoms with Crippen molar-refractivity contribution in [2.75, 3.05) is 31.2 Å². The number of anilines is 1. The fraction of sp³-hybridized carbons (Fsp3) is 0.231. The van der Waals surface area contributed by atoms with Crippen molar-refractivity contribution < 1.29 is 36.0 Å². The summed E-state index contributed by atoms with van der Waals surface area (Å²) >= 11 is 0. The molecule has 40 heavy (non-hydrogen) atoms. The first kappa shape index (κ1) is 27.1. The van der Waals surface area contributed by atoms with Crippen LogP contribution in [0, 0.1) is 10.1 Å². The number of hydrogen-bond donors (Lipinski definition) is 0. The number of rotatable bonds is 4. The minimum Gasteiger partial charge on any atom is -0.378 e. The van der Waals surface area contributed by atoms with Crippen LogP contribution in [0.25, 0.3) is 27.7 Å². The summed E-state index contributed by atoms with van der Waals surface area (Å²) in [4.78, 5) is 26.5. The molecule has 1 saturated heterocycles. The van der Waals surface area contributed by atoms with Gasteiger partial charge in [-0.1, -0.05) is 18.2 Å². The number of ether oxygens (including phenoxy) is 1. The number of morpholine rings is 1. The minimum absolute atomic E-state index is 0.0155. The zero-order valence-electron chi connectivity index (χ0n) is 20.3. The normalized spacial score (nSPS) is 14.5. The first-order valence-electron chi connectivity index (χ1n) is 11.8. The minimum atomic E-state index is -5.12. The largest absolute Gasteiger partial charge is 0.416 e. The number of fused-ring (bicyclic) bond motifs is 1. The van der Waals surface area contributed by atoms with Crippen molar-refractivity contribution in [2.24, 2.45) is 0 Å². The maximum absolute atomic E-state index is 13.6. The molecule has 0 spiro atoms. The SMILES string of the molecule is O=c1c2ccccc2c(-c2cc(C(F)(F)F)cc(C(F)(F)F)c2)nn1-c1cc(N2CCOCC2)ccc1[N+](=O)[O-]. The van der Waals surface area contributed by atoms with Gasteiger partial charge in [-0.15, -0.1) is 0 Å². The van der Waals surface area contributed by atoms with Crippen LogP contribution in [0.15, 0.2) is 65.5 Å². The second kappa shape index (κ2) is 9.93. The summed E-state index contributed by atoms with van der Waals surface area (Å²) in [5, 5.41) is 15.9. The number of hydrogen-bond acceptors (Lipinski definition) is 6. The molecule has 0 aliphatic carbocycles. The third-order valence-electron chi connectivity index (χ3n) is 6.43. The average Bonchev–Trinajstić information content (AvgIpc) is 2.92. The van der Waals surface area contributed by atoms with E-state index in [9.17, 15) is 41.3 Å². The highest BCUT2D eigenvalue weighted by Gasteiger charge is 2.37. The molecule has 0 N–H and O–H groups in total. The van der Waals surface area contributed by atoms with Crippen molar-refractivity contribution in [1.29, 1.82) is 0 Å². The molecule has 1 aliphatic rings. The lowest BCUT2D eigenvalue weighted by molar-refractivity contribution is -0.384. The Morgan fingerprint density at radius 3 is 2.02 bits per heavy atom. The van der Waals surface area contributed by atoms with Crippen LogP contribution < -0.4 is 10.5 Å². The van der Waals surface area contributed by atoms with E-state index in [4.69, 9.17) is 4.74 Å². The second-order valence-electron chi connectivity index (χ2n) is 8.94. The van der Waals surface area contributed by atoms with Crippen molar-refractivity contribution in [3.05, 3.63) is 92.3 Å². The first-order chi connectivity index (χ1) is 18.8. The predicted molar refractivity (Wildman–Crippen MR) is 132 cm³/mol. The first-order valence-corrected chi connectivity index (χ1v) is 11.8. The van der Waals surface area contributed by atoms with E-state index in [1.54, 1.807) is 0 Å². The predicted octanol–water partition coefficient (Wildman–Crippen LogP) is 5.84. The molecule has 0 saturated carbocycles. The molecule has 2 heterocycles. The molecule has 3 aromatic carbocycles.